The van der Waals surface area contributed by atoms with Crippen LogP contribution in [0.2, 0.25) is 5.02 Å². The predicted molar refractivity (Wildman–Crippen MR) is 64.6 cm³/mol. The molecule has 1 N–H and O–H groups in total. The third-order valence-electron chi connectivity index (χ3n) is 2.32. The molecule has 0 aliphatic heterocycles. The molecule has 1 atom stereocenters. The van der Waals surface area contributed by atoms with Crippen LogP contribution < -0.4 is 5.32 Å². The highest BCUT2D eigenvalue weighted by Gasteiger charge is 2.07. The van der Waals surface area contributed by atoms with Crippen LogP contribution in [0.15, 0.2) is 12.5 Å². The minimum absolute atomic E-state index is 0.554. The van der Waals surface area contributed by atoms with Crippen LogP contribution in [0.25, 0.3) is 0 Å². The number of nitrogens with zero attached hydrogens (tertiary/aromatic N) is 2. The molecule has 0 radical (unpaired) electrons. The predicted octanol–water partition coefficient (Wildman–Crippen LogP) is 3.20. The van der Waals surface area contributed by atoms with Crippen molar-refractivity contribution in [2.24, 2.45) is 5.92 Å². The average Bonchev–Trinajstić information content (AvgIpc) is 2.26. The quantitative estimate of drug-likeness (QED) is 0.785. The van der Waals surface area contributed by atoms with E-state index in [9.17, 15) is 0 Å². The van der Waals surface area contributed by atoms with Crippen molar-refractivity contribution in [3.8, 4) is 0 Å². The molecule has 0 fully saturated rings. The molecule has 1 aromatic rings. The molecular weight excluding hydrogens is 233 g/mol. The van der Waals surface area contributed by atoms with Crippen LogP contribution in [0.5, 0.6) is 0 Å². The number of hydrogen-bond donors (Lipinski definition) is 1. The summed E-state index contributed by atoms with van der Waals surface area (Å²) in [6.45, 7) is 3.00. The zero-order valence-corrected chi connectivity index (χ0v) is 10.2. The Morgan fingerprint density at radius 1 is 1.53 bits per heavy atom. The number of aromatic nitrogens is 2. The summed E-state index contributed by atoms with van der Waals surface area (Å²) in [6.07, 6.45) is 5.17. The monoisotopic (exact) mass is 247 g/mol. The van der Waals surface area contributed by atoms with E-state index in [1.165, 1.54) is 6.33 Å². The second-order valence-corrected chi connectivity index (χ2v) is 4.14. The Labute approximate surface area is 100 Å². The van der Waals surface area contributed by atoms with E-state index in [1.807, 2.05) is 0 Å². The van der Waals surface area contributed by atoms with Gasteiger partial charge < -0.3 is 5.32 Å². The van der Waals surface area contributed by atoms with Crippen molar-refractivity contribution in [3.05, 3.63) is 17.5 Å². The Morgan fingerprint density at radius 2 is 2.33 bits per heavy atom. The van der Waals surface area contributed by atoms with Crippen molar-refractivity contribution in [2.75, 3.05) is 17.7 Å². The van der Waals surface area contributed by atoms with Gasteiger partial charge in [-0.25, -0.2) is 9.97 Å². The van der Waals surface area contributed by atoms with Crippen molar-refractivity contribution in [2.45, 2.75) is 19.8 Å². The van der Waals surface area contributed by atoms with Crippen LogP contribution in [0.3, 0.4) is 0 Å². The molecule has 3 nitrogen and oxygen atoms in total. The molecule has 0 saturated heterocycles. The van der Waals surface area contributed by atoms with E-state index in [4.69, 9.17) is 23.2 Å². The van der Waals surface area contributed by atoms with Gasteiger partial charge in [-0.1, -0.05) is 24.9 Å². The summed E-state index contributed by atoms with van der Waals surface area (Å²) in [5.74, 6) is 1.95. The van der Waals surface area contributed by atoms with E-state index in [-0.39, 0.29) is 0 Å². The number of nitrogens with one attached hydrogen (secondary N) is 1. The summed E-state index contributed by atoms with van der Waals surface area (Å²) in [4.78, 5) is 7.88. The molecule has 1 rings (SSSR count). The second kappa shape index (κ2) is 6.85. The lowest BCUT2D eigenvalue weighted by molar-refractivity contribution is 0.521. The van der Waals surface area contributed by atoms with E-state index in [2.05, 4.69) is 22.2 Å². The van der Waals surface area contributed by atoms with E-state index in [1.54, 1.807) is 6.20 Å². The van der Waals surface area contributed by atoms with Gasteiger partial charge in [-0.2, -0.15) is 0 Å². The molecule has 1 unspecified atom stereocenters. The smallest absolute Gasteiger partial charge is 0.148 e. The van der Waals surface area contributed by atoms with Gasteiger partial charge in [-0.05, 0) is 12.3 Å². The molecule has 0 aliphatic carbocycles. The van der Waals surface area contributed by atoms with Gasteiger partial charge in [-0.3, -0.25) is 0 Å². The Morgan fingerprint density at radius 3 is 2.93 bits per heavy atom. The van der Waals surface area contributed by atoms with E-state index < -0.39 is 0 Å². The van der Waals surface area contributed by atoms with E-state index >= 15 is 0 Å². The minimum Gasteiger partial charge on any atom is -0.368 e. The fraction of sp³-hybridized carbons (Fsp3) is 0.600. The molecule has 5 heteroatoms. The maximum Gasteiger partial charge on any atom is 0.148 e. The van der Waals surface area contributed by atoms with Crippen molar-refractivity contribution in [3.63, 3.8) is 0 Å². The van der Waals surface area contributed by atoms with Crippen LogP contribution >= 0.6 is 23.2 Å². The summed E-state index contributed by atoms with van der Waals surface area (Å²) < 4.78 is 0. The number of anilines is 1. The van der Waals surface area contributed by atoms with Crippen LogP contribution in [0, 0.1) is 5.92 Å². The molecule has 0 aromatic carbocycles. The van der Waals surface area contributed by atoms with Crippen molar-refractivity contribution in [1.29, 1.82) is 0 Å². The molecule has 1 aromatic heterocycles. The van der Waals surface area contributed by atoms with Crippen molar-refractivity contribution in [1.82, 2.24) is 9.97 Å². The first-order chi connectivity index (χ1) is 7.27. The number of halogens is 2. The summed E-state index contributed by atoms with van der Waals surface area (Å²) >= 11 is 11.6. The van der Waals surface area contributed by atoms with Gasteiger partial charge in [0.05, 0.1) is 6.20 Å². The zero-order chi connectivity index (χ0) is 11.1. The minimum atomic E-state index is 0.554. The summed E-state index contributed by atoms with van der Waals surface area (Å²) in [5, 5.41) is 3.76. The lowest BCUT2D eigenvalue weighted by Crippen LogP contribution is -2.15. The first kappa shape index (κ1) is 12.5. The van der Waals surface area contributed by atoms with Gasteiger partial charge in [-0.15, -0.1) is 11.6 Å². The standard InChI is InChI=1S/C10H15Cl2N3/c1-2-8(3-4-11)5-14-10-9(12)6-13-7-15-10/h6-8H,2-5H2,1H3,(H,13,14,15). The Hall–Kier alpha value is -0.540. The van der Waals surface area contributed by atoms with Crippen LogP contribution in [0.4, 0.5) is 5.82 Å². The fourth-order valence-corrected chi connectivity index (χ4v) is 1.77. The van der Waals surface area contributed by atoms with Gasteiger partial charge >= 0.3 is 0 Å². The molecule has 0 amide bonds. The van der Waals surface area contributed by atoms with Gasteiger partial charge in [0.1, 0.15) is 17.2 Å². The molecule has 0 saturated carbocycles. The second-order valence-electron chi connectivity index (χ2n) is 3.35. The fourth-order valence-electron chi connectivity index (χ4n) is 1.29. The molecular formula is C10H15Cl2N3. The number of hydrogen-bond acceptors (Lipinski definition) is 3. The van der Waals surface area contributed by atoms with E-state index in [0.29, 0.717) is 22.6 Å². The Bertz CT molecular complexity index is 294. The summed E-state index contributed by atoms with van der Waals surface area (Å²) in [6, 6.07) is 0. The third kappa shape index (κ3) is 4.22. The molecule has 0 bridgehead atoms. The summed E-state index contributed by atoms with van der Waals surface area (Å²) in [5.41, 5.74) is 0. The molecule has 1 heterocycles. The molecule has 0 aliphatic rings. The average molecular weight is 248 g/mol. The van der Waals surface area contributed by atoms with Gasteiger partial charge in [0.25, 0.3) is 0 Å². The number of alkyl halides is 1. The van der Waals surface area contributed by atoms with Gasteiger partial charge in [0, 0.05) is 12.4 Å². The van der Waals surface area contributed by atoms with Crippen LogP contribution in [0.1, 0.15) is 19.8 Å². The molecule has 0 spiro atoms. The highest BCUT2D eigenvalue weighted by atomic mass is 35.5. The normalized spacial score (nSPS) is 12.5. The summed E-state index contributed by atoms with van der Waals surface area (Å²) in [7, 11) is 0. The SMILES string of the molecule is CCC(CCCl)CNc1ncncc1Cl. The van der Waals surface area contributed by atoms with Gasteiger partial charge in [0.15, 0.2) is 0 Å². The number of rotatable bonds is 6. The van der Waals surface area contributed by atoms with Crippen LogP contribution in [-0.4, -0.2) is 22.4 Å². The van der Waals surface area contributed by atoms with E-state index in [0.717, 1.165) is 19.4 Å². The highest BCUT2D eigenvalue weighted by Crippen LogP contribution is 2.17. The maximum atomic E-state index is 5.91. The largest absolute Gasteiger partial charge is 0.368 e. The lowest BCUT2D eigenvalue weighted by Gasteiger charge is -2.14. The highest BCUT2D eigenvalue weighted by molar-refractivity contribution is 6.32. The Kier molecular flexibility index (Phi) is 5.73. The Balaban J connectivity index is 2.45. The first-order valence-electron chi connectivity index (χ1n) is 5.03. The first-order valence-corrected chi connectivity index (χ1v) is 5.94. The molecule has 84 valence electrons. The van der Waals surface area contributed by atoms with Gasteiger partial charge in [0.2, 0.25) is 0 Å². The third-order valence-corrected chi connectivity index (χ3v) is 2.82. The van der Waals surface area contributed by atoms with Crippen molar-refractivity contribution < 1.29 is 0 Å². The van der Waals surface area contributed by atoms with Crippen LogP contribution in [-0.2, 0) is 0 Å². The molecule has 15 heavy (non-hydrogen) atoms. The zero-order valence-electron chi connectivity index (χ0n) is 8.71. The van der Waals surface area contributed by atoms with Crippen molar-refractivity contribution >= 4 is 29.0 Å². The maximum absolute atomic E-state index is 5.91. The topological polar surface area (TPSA) is 37.8 Å². The lowest BCUT2D eigenvalue weighted by atomic mass is 10.0.